The van der Waals surface area contributed by atoms with E-state index in [9.17, 15) is 0 Å². The summed E-state index contributed by atoms with van der Waals surface area (Å²) >= 11 is 0. The Balaban J connectivity index is 2.23. The van der Waals surface area contributed by atoms with Crippen LogP contribution in [-0.4, -0.2) is 23.9 Å². The Morgan fingerprint density at radius 2 is 2.18 bits per heavy atom. The fourth-order valence-electron chi connectivity index (χ4n) is 1.81. The van der Waals surface area contributed by atoms with Gasteiger partial charge in [0.15, 0.2) is 0 Å². The third-order valence-corrected chi connectivity index (χ3v) is 2.39. The smallest absolute Gasteiger partial charge is 0.0606 e. The van der Waals surface area contributed by atoms with Crippen molar-refractivity contribution >= 4 is 0 Å². The molecule has 0 spiro atoms. The standard InChI is InChI=1S/C9H18O2/c1-7-6-8(2)11-9(7)4-3-5-10/h7-10H,3-6H2,1-2H3. The summed E-state index contributed by atoms with van der Waals surface area (Å²) in [4.78, 5) is 0. The van der Waals surface area contributed by atoms with Gasteiger partial charge in [-0.3, -0.25) is 0 Å². The van der Waals surface area contributed by atoms with Crippen LogP contribution in [0.25, 0.3) is 0 Å². The molecular weight excluding hydrogens is 140 g/mol. The first-order chi connectivity index (χ1) is 5.24. The van der Waals surface area contributed by atoms with Crippen molar-refractivity contribution in [2.24, 2.45) is 5.92 Å². The number of aliphatic hydroxyl groups excluding tert-OH is 1. The Bertz CT molecular complexity index is 114. The molecule has 66 valence electrons. The molecule has 0 aromatic heterocycles. The summed E-state index contributed by atoms with van der Waals surface area (Å²) < 4.78 is 5.66. The van der Waals surface area contributed by atoms with E-state index in [4.69, 9.17) is 9.84 Å². The molecule has 1 aliphatic heterocycles. The zero-order valence-electron chi connectivity index (χ0n) is 7.42. The summed E-state index contributed by atoms with van der Waals surface area (Å²) in [7, 11) is 0. The average molecular weight is 158 g/mol. The molecule has 1 aliphatic rings. The van der Waals surface area contributed by atoms with E-state index >= 15 is 0 Å². The minimum absolute atomic E-state index is 0.293. The molecule has 1 fully saturated rings. The Hall–Kier alpha value is -0.0800. The van der Waals surface area contributed by atoms with Crippen LogP contribution in [0, 0.1) is 5.92 Å². The van der Waals surface area contributed by atoms with Crippen molar-refractivity contribution in [2.75, 3.05) is 6.61 Å². The van der Waals surface area contributed by atoms with Gasteiger partial charge in [-0.15, -0.1) is 0 Å². The van der Waals surface area contributed by atoms with Crippen LogP contribution in [0.2, 0.25) is 0 Å². The predicted octanol–water partition coefficient (Wildman–Crippen LogP) is 1.57. The number of rotatable bonds is 3. The average Bonchev–Trinajstić information content (AvgIpc) is 2.26. The van der Waals surface area contributed by atoms with Crippen molar-refractivity contribution in [1.82, 2.24) is 0 Å². The molecule has 1 heterocycles. The lowest BCUT2D eigenvalue weighted by Gasteiger charge is -2.13. The fourth-order valence-corrected chi connectivity index (χ4v) is 1.81. The summed E-state index contributed by atoms with van der Waals surface area (Å²) in [6.07, 6.45) is 3.89. The molecule has 1 N–H and O–H groups in total. The van der Waals surface area contributed by atoms with Crippen molar-refractivity contribution in [3.63, 3.8) is 0 Å². The molecule has 0 aromatic rings. The van der Waals surface area contributed by atoms with Gasteiger partial charge in [-0.25, -0.2) is 0 Å². The number of ether oxygens (including phenoxy) is 1. The highest BCUT2D eigenvalue weighted by Gasteiger charge is 2.28. The minimum atomic E-state index is 0.293. The molecule has 0 bridgehead atoms. The van der Waals surface area contributed by atoms with Gasteiger partial charge in [0, 0.05) is 6.61 Å². The molecular formula is C9H18O2. The Kier molecular flexibility index (Phi) is 3.34. The third-order valence-electron chi connectivity index (χ3n) is 2.39. The summed E-state index contributed by atoms with van der Waals surface area (Å²) in [5, 5.41) is 8.62. The molecule has 0 aliphatic carbocycles. The highest BCUT2D eigenvalue weighted by molar-refractivity contribution is 4.76. The molecule has 1 saturated heterocycles. The number of aliphatic hydroxyl groups is 1. The van der Waals surface area contributed by atoms with Crippen molar-refractivity contribution in [1.29, 1.82) is 0 Å². The number of hydrogen-bond acceptors (Lipinski definition) is 2. The van der Waals surface area contributed by atoms with Gasteiger partial charge in [-0.05, 0) is 32.1 Å². The molecule has 3 unspecified atom stereocenters. The van der Waals surface area contributed by atoms with Gasteiger partial charge in [0.1, 0.15) is 0 Å². The zero-order chi connectivity index (χ0) is 8.27. The molecule has 2 nitrogen and oxygen atoms in total. The first-order valence-electron chi connectivity index (χ1n) is 4.50. The van der Waals surface area contributed by atoms with Crippen molar-refractivity contribution in [3.05, 3.63) is 0 Å². The van der Waals surface area contributed by atoms with Crippen LogP contribution in [0.3, 0.4) is 0 Å². The first-order valence-corrected chi connectivity index (χ1v) is 4.50. The van der Waals surface area contributed by atoms with Gasteiger partial charge in [0.05, 0.1) is 12.2 Å². The maximum Gasteiger partial charge on any atom is 0.0606 e. The van der Waals surface area contributed by atoms with Gasteiger partial charge in [-0.2, -0.15) is 0 Å². The Morgan fingerprint density at radius 3 is 2.64 bits per heavy atom. The van der Waals surface area contributed by atoms with E-state index in [2.05, 4.69) is 13.8 Å². The predicted molar refractivity (Wildman–Crippen MR) is 44.4 cm³/mol. The maximum absolute atomic E-state index is 8.62. The fraction of sp³-hybridized carbons (Fsp3) is 1.00. The molecule has 0 radical (unpaired) electrons. The largest absolute Gasteiger partial charge is 0.396 e. The lowest BCUT2D eigenvalue weighted by Crippen LogP contribution is -2.14. The van der Waals surface area contributed by atoms with E-state index in [1.807, 2.05) is 0 Å². The summed E-state index contributed by atoms with van der Waals surface area (Å²) in [6.45, 7) is 4.64. The van der Waals surface area contributed by atoms with Crippen LogP contribution in [0.5, 0.6) is 0 Å². The molecule has 2 heteroatoms. The minimum Gasteiger partial charge on any atom is -0.396 e. The topological polar surface area (TPSA) is 29.5 Å². The van der Waals surface area contributed by atoms with Crippen LogP contribution >= 0.6 is 0 Å². The van der Waals surface area contributed by atoms with Gasteiger partial charge < -0.3 is 9.84 Å². The van der Waals surface area contributed by atoms with Crippen LogP contribution in [-0.2, 0) is 4.74 Å². The van der Waals surface area contributed by atoms with Gasteiger partial charge >= 0.3 is 0 Å². The Morgan fingerprint density at radius 1 is 1.45 bits per heavy atom. The van der Waals surface area contributed by atoms with Crippen molar-refractivity contribution in [3.8, 4) is 0 Å². The highest BCUT2D eigenvalue weighted by Crippen LogP contribution is 2.28. The third kappa shape index (κ3) is 2.46. The van der Waals surface area contributed by atoms with Gasteiger partial charge in [0.2, 0.25) is 0 Å². The molecule has 0 amide bonds. The van der Waals surface area contributed by atoms with Crippen LogP contribution in [0.1, 0.15) is 33.1 Å². The van der Waals surface area contributed by atoms with E-state index in [0.29, 0.717) is 24.7 Å². The molecule has 11 heavy (non-hydrogen) atoms. The Labute approximate surface area is 68.6 Å². The van der Waals surface area contributed by atoms with E-state index in [1.165, 1.54) is 6.42 Å². The summed E-state index contributed by atoms with van der Waals surface area (Å²) in [5.41, 5.74) is 0. The maximum atomic E-state index is 8.62. The molecule has 0 saturated carbocycles. The van der Waals surface area contributed by atoms with Crippen LogP contribution < -0.4 is 0 Å². The summed E-state index contributed by atoms with van der Waals surface area (Å²) in [6, 6.07) is 0. The van der Waals surface area contributed by atoms with E-state index in [0.717, 1.165) is 12.8 Å². The number of hydrogen-bond donors (Lipinski definition) is 1. The second-order valence-corrected chi connectivity index (χ2v) is 3.56. The highest BCUT2D eigenvalue weighted by atomic mass is 16.5. The van der Waals surface area contributed by atoms with E-state index in [1.54, 1.807) is 0 Å². The molecule has 0 aromatic carbocycles. The summed E-state index contributed by atoms with van der Waals surface area (Å²) in [5.74, 6) is 0.677. The van der Waals surface area contributed by atoms with E-state index < -0.39 is 0 Å². The normalized spacial score (nSPS) is 37.9. The second-order valence-electron chi connectivity index (χ2n) is 3.56. The molecule has 1 rings (SSSR count). The van der Waals surface area contributed by atoms with Crippen molar-refractivity contribution in [2.45, 2.75) is 45.3 Å². The lowest BCUT2D eigenvalue weighted by atomic mass is 9.99. The van der Waals surface area contributed by atoms with Gasteiger partial charge in [-0.1, -0.05) is 6.92 Å². The second kappa shape index (κ2) is 4.07. The quantitative estimate of drug-likeness (QED) is 0.675. The SMILES string of the molecule is CC1CC(C)C(CCCO)O1. The zero-order valence-corrected chi connectivity index (χ0v) is 7.42. The first kappa shape index (κ1) is 9.01. The van der Waals surface area contributed by atoms with Crippen LogP contribution in [0.15, 0.2) is 0 Å². The van der Waals surface area contributed by atoms with Crippen LogP contribution in [0.4, 0.5) is 0 Å². The van der Waals surface area contributed by atoms with Gasteiger partial charge in [0.25, 0.3) is 0 Å². The lowest BCUT2D eigenvalue weighted by molar-refractivity contribution is 0.0365. The van der Waals surface area contributed by atoms with E-state index in [-0.39, 0.29) is 0 Å². The monoisotopic (exact) mass is 158 g/mol. The van der Waals surface area contributed by atoms with Crippen molar-refractivity contribution < 1.29 is 9.84 Å². The molecule has 3 atom stereocenters.